The molecule has 4 unspecified atom stereocenters. The zero-order valence-electron chi connectivity index (χ0n) is 15.9. The maximum atomic E-state index is 12.9. The minimum atomic E-state index is -3.95. The van der Waals surface area contributed by atoms with E-state index in [1.54, 1.807) is 31.2 Å². The van der Waals surface area contributed by atoms with Crippen LogP contribution in [0, 0.1) is 6.92 Å². The third kappa shape index (κ3) is 3.74. The van der Waals surface area contributed by atoms with Crippen LogP contribution in [0.1, 0.15) is 23.5 Å². The van der Waals surface area contributed by atoms with Gasteiger partial charge in [0.1, 0.15) is 6.10 Å². The van der Waals surface area contributed by atoms with Crippen molar-refractivity contribution in [1.29, 1.82) is 0 Å². The fourth-order valence-corrected chi connectivity index (χ4v) is 5.55. The number of carboxylic acid groups (broad SMARTS) is 1. The molecule has 0 aromatic heterocycles. The monoisotopic (exact) mass is 453 g/mol. The van der Waals surface area contributed by atoms with E-state index in [-0.39, 0.29) is 17.1 Å². The van der Waals surface area contributed by atoms with E-state index in [9.17, 15) is 18.3 Å². The Morgan fingerprint density at radius 2 is 2.10 bits per heavy atom. The van der Waals surface area contributed by atoms with Gasteiger partial charge < -0.3 is 19.7 Å². The first-order chi connectivity index (χ1) is 14.2. The second-order valence-electron chi connectivity index (χ2n) is 7.40. The van der Waals surface area contributed by atoms with E-state index in [1.165, 1.54) is 12.1 Å². The molecule has 1 aliphatic heterocycles. The molecule has 3 N–H and O–H groups in total. The van der Waals surface area contributed by atoms with Crippen molar-refractivity contribution in [2.24, 2.45) is 0 Å². The molecule has 2 aromatic carbocycles. The summed E-state index contributed by atoms with van der Waals surface area (Å²) in [7, 11) is -3.95. The molecule has 2 aliphatic rings. The predicted octanol–water partition coefficient (Wildman–Crippen LogP) is 2.07. The molecule has 2 aromatic rings. The van der Waals surface area contributed by atoms with Crippen molar-refractivity contribution in [2.45, 2.75) is 42.4 Å². The first-order valence-corrected chi connectivity index (χ1v) is 11.1. The third-order valence-electron chi connectivity index (χ3n) is 5.41. The van der Waals surface area contributed by atoms with Gasteiger partial charge in [0.2, 0.25) is 10.0 Å². The van der Waals surface area contributed by atoms with Gasteiger partial charge >= 0.3 is 5.97 Å². The van der Waals surface area contributed by atoms with Gasteiger partial charge in [-0.3, -0.25) is 0 Å². The normalized spacial score (nSPS) is 24.8. The highest BCUT2D eigenvalue weighted by Gasteiger charge is 2.51. The zero-order valence-corrected chi connectivity index (χ0v) is 17.5. The van der Waals surface area contributed by atoms with Crippen LogP contribution in [0.4, 0.5) is 0 Å². The standard InChI is InChI=1S/C20H20ClNO7S/c1-10-5-6-11(7-13(10)21)30(26,27)22-19-14(23)8-16-18(19)12-3-2-4-15(20(12)29-16)28-9-17(24)25/h2-7,14,16,18-19,22-23H,8-9H2,1H3,(H,24,25). The number of para-hydroxylation sites is 1. The molecule has 0 bridgehead atoms. The highest BCUT2D eigenvalue weighted by Crippen LogP contribution is 2.51. The van der Waals surface area contributed by atoms with Gasteiger partial charge in [0.05, 0.1) is 17.0 Å². The summed E-state index contributed by atoms with van der Waals surface area (Å²) >= 11 is 6.07. The molecule has 8 nitrogen and oxygen atoms in total. The summed E-state index contributed by atoms with van der Waals surface area (Å²) in [6.45, 7) is 1.25. The van der Waals surface area contributed by atoms with E-state index in [1.807, 2.05) is 0 Å². The first-order valence-electron chi connectivity index (χ1n) is 9.28. The Morgan fingerprint density at radius 1 is 1.33 bits per heavy atom. The number of fused-ring (bicyclic) bond motifs is 3. The van der Waals surface area contributed by atoms with E-state index in [0.717, 1.165) is 5.56 Å². The summed E-state index contributed by atoms with van der Waals surface area (Å²) in [6.07, 6.45) is -1.19. The molecule has 4 rings (SSSR count). The van der Waals surface area contributed by atoms with Gasteiger partial charge in [0, 0.05) is 22.9 Å². The average Bonchev–Trinajstić information content (AvgIpc) is 3.18. The lowest BCUT2D eigenvalue weighted by Crippen LogP contribution is -2.43. The molecular weight excluding hydrogens is 434 g/mol. The zero-order chi connectivity index (χ0) is 21.6. The number of hydrogen-bond donors (Lipinski definition) is 3. The lowest BCUT2D eigenvalue weighted by molar-refractivity contribution is -0.139. The van der Waals surface area contributed by atoms with Crippen LogP contribution in [0.15, 0.2) is 41.3 Å². The molecule has 0 spiro atoms. The van der Waals surface area contributed by atoms with Gasteiger partial charge in [0.25, 0.3) is 0 Å². The highest BCUT2D eigenvalue weighted by molar-refractivity contribution is 7.89. The molecule has 1 saturated carbocycles. The van der Waals surface area contributed by atoms with Gasteiger partial charge in [-0.15, -0.1) is 0 Å². The number of sulfonamides is 1. The summed E-state index contributed by atoms with van der Waals surface area (Å²) in [6, 6.07) is 8.65. The van der Waals surface area contributed by atoms with Crippen LogP contribution in [0.2, 0.25) is 5.02 Å². The van der Waals surface area contributed by atoms with E-state index >= 15 is 0 Å². The molecule has 1 aliphatic carbocycles. The van der Waals surface area contributed by atoms with Crippen LogP contribution in [0.5, 0.6) is 11.5 Å². The van der Waals surface area contributed by atoms with Crippen molar-refractivity contribution in [1.82, 2.24) is 4.72 Å². The minimum absolute atomic E-state index is 0.00595. The van der Waals surface area contributed by atoms with Crippen LogP contribution in [-0.2, 0) is 14.8 Å². The Bertz CT molecular complexity index is 1100. The highest BCUT2D eigenvalue weighted by atomic mass is 35.5. The lowest BCUT2D eigenvalue weighted by atomic mass is 9.94. The van der Waals surface area contributed by atoms with Gasteiger partial charge in [-0.1, -0.05) is 29.8 Å². The molecule has 30 heavy (non-hydrogen) atoms. The number of hydrogen-bond acceptors (Lipinski definition) is 6. The van der Waals surface area contributed by atoms with E-state index < -0.39 is 46.8 Å². The molecule has 0 amide bonds. The minimum Gasteiger partial charge on any atom is -0.485 e. The van der Waals surface area contributed by atoms with Crippen LogP contribution in [0.3, 0.4) is 0 Å². The van der Waals surface area contributed by atoms with Gasteiger partial charge in [0.15, 0.2) is 18.1 Å². The second-order valence-corrected chi connectivity index (χ2v) is 9.52. The van der Waals surface area contributed by atoms with Crippen LogP contribution < -0.4 is 14.2 Å². The third-order valence-corrected chi connectivity index (χ3v) is 7.27. The molecule has 0 radical (unpaired) electrons. The largest absolute Gasteiger partial charge is 0.485 e. The lowest BCUT2D eigenvalue weighted by Gasteiger charge is -2.22. The number of carboxylic acids is 1. The van der Waals surface area contributed by atoms with E-state index in [4.69, 9.17) is 26.2 Å². The number of aliphatic hydroxyl groups is 1. The summed E-state index contributed by atoms with van der Waals surface area (Å²) in [5, 5.41) is 19.7. The summed E-state index contributed by atoms with van der Waals surface area (Å²) in [5.74, 6) is -0.920. The van der Waals surface area contributed by atoms with Crippen molar-refractivity contribution >= 4 is 27.6 Å². The van der Waals surface area contributed by atoms with E-state index in [2.05, 4.69) is 4.72 Å². The van der Waals surface area contributed by atoms with Gasteiger partial charge in [-0.05, 0) is 30.7 Å². The molecule has 0 saturated heterocycles. The maximum Gasteiger partial charge on any atom is 0.341 e. The predicted molar refractivity (Wildman–Crippen MR) is 108 cm³/mol. The number of halogens is 1. The number of rotatable bonds is 6. The van der Waals surface area contributed by atoms with Crippen molar-refractivity contribution in [3.8, 4) is 11.5 Å². The Labute approximate surface area is 178 Å². The van der Waals surface area contributed by atoms with Crippen molar-refractivity contribution < 1.29 is 32.9 Å². The number of nitrogens with one attached hydrogen (secondary N) is 1. The Morgan fingerprint density at radius 3 is 2.80 bits per heavy atom. The average molecular weight is 454 g/mol. The van der Waals surface area contributed by atoms with Crippen molar-refractivity contribution in [2.75, 3.05) is 6.61 Å². The van der Waals surface area contributed by atoms with Crippen molar-refractivity contribution in [3.05, 3.63) is 52.5 Å². The van der Waals surface area contributed by atoms with Crippen LogP contribution >= 0.6 is 11.6 Å². The fraction of sp³-hybridized carbons (Fsp3) is 0.350. The second kappa shape index (κ2) is 7.73. The molecule has 1 fully saturated rings. The molecule has 160 valence electrons. The summed E-state index contributed by atoms with van der Waals surface area (Å²) in [4.78, 5) is 10.8. The van der Waals surface area contributed by atoms with Crippen molar-refractivity contribution in [3.63, 3.8) is 0 Å². The molecular formula is C20H20ClNO7S. The number of aliphatic hydroxyl groups excluding tert-OH is 1. The Hall–Kier alpha value is -2.33. The quantitative estimate of drug-likeness (QED) is 0.611. The first kappa shape index (κ1) is 20.9. The number of aryl methyl sites for hydroxylation is 1. The van der Waals surface area contributed by atoms with Crippen LogP contribution in [0.25, 0.3) is 0 Å². The Kier molecular flexibility index (Phi) is 5.39. The number of aliphatic carboxylic acids is 1. The van der Waals surface area contributed by atoms with Crippen LogP contribution in [-0.4, -0.2) is 49.5 Å². The SMILES string of the molecule is Cc1ccc(S(=O)(=O)NC2C(O)CC3Oc4c(OCC(=O)O)cccc4C32)cc1Cl. The Balaban J connectivity index is 1.63. The molecule has 4 atom stereocenters. The molecule has 10 heteroatoms. The number of carbonyl (C=O) groups is 1. The topological polar surface area (TPSA) is 122 Å². The summed E-state index contributed by atoms with van der Waals surface area (Å²) in [5.41, 5.74) is 1.41. The van der Waals surface area contributed by atoms with Gasteiger partial charge in [-0.25, -0.2) is 17.9 Å². The summed E-state index contributed by atoms with van der Waals surface area (Å²) < 4.78 is 39.7. The van der Waals surface area contributed by atoms with Gasteiger partial charge in [-0.2, -0.15) is 0 Å². The maximum absolute atomic E-state index is 12.9. The molecule has 1 heterocycles. The smallest absolute Gasteiger partial charge is 0.341 e. The number of ether oxygens (including phenoxy) is 2. The number of benzene rings is 2. The fourth-order valence-electron chi connectivity index (χ4n) is 3.98. The van der Waals surface area contributed by atoms with E-state index in [0.29, 0.717) is 16.3 Å².